The van der Waals surface area contributed by atoms with Gasteiger partial charge in [-0.2, -0.15) is 5.26 Å². The van der Waals surface area contributed by atoms with Crippen LogP contribution in [0.3, 0.4) is 0 Å². The topological polar surface area (TPSA) is 91.3 Å². The lowest BCUT2D eigenvalue weighted by Crippen LogP contribution is -2.27. The highest BCUT2D eigenvalue weighted by atomic mass is 16.1. The molecule has 5 nitrogen and oxygen atoms in total. The molecule has 0 saturated heterocycles. The fourth-order valence-electron chi connectivity index (χ4n) is 0.636. The van der Waals surface area contributed by atoms with Crippen LogP contribution in [0, 0.1) is 11.5 Å². The van der Waals surface area contributed by atoms with E-state index in [1.54, 1.807) is 6.19 Å². The van der Waals surface area contributed by atoms with Crippen molar-refractivity contribution >= 4 is 12.2 Å². The predicted molar refractivity (Wildman–Crippen MR) is 45.2 cm³/mol. The zero-order valence-corrected chi connectivity index (χ0v) is 6.79. The Morgan fingerprint density at radius 1 is 1.67 bits per heavy atom. The lowest BCUT2D eigenvalue weighted by Gasteiger charge is -1.95. The molecule has 0 bridgehead atoms. The van der Waals surface area contributed by atoms with Gasteiger partial charge in [0.2, 0.25) is 5.96 Å². The number of carbonyl (C=O) groups excluding carboxylic acids is 1. The van der Waals surface area contributed by atoms with Gasteiger partial charge in [-0.05, 0) is 12.8 Å². The van der Waals surface area contributed by atoms with Crippen molar-refractivity contribution in [3.05, 3.63) is 0 Å². The molecule has 0 aliphatic carbocycles. The molecule has 0 amide bonds. The Bertz CT molecular complexity index is 194. The smallest absolute Gasteiger partial charge is 0.202 e. The number of aldehydes is 1. The summed E-state index contributed by atoms with van der Waals surface area (Å²) < 4.78 is 0. The predicted octanol–water partition coefficient (Wildman–Crippen LogP) is -0.259. The van der Waals surface area contributed by atoms with Crippen molar-refractivity contribution in [2.45, 2.75) is 19.3 Å². The fourth-order valence-corrected chi connectivity index (χ4v) is 0.636. The Morgan fingerprint density at radius 3 is 3.00 bits per heavy atom. The molecule has 0 atom stereocenters. The van der Waals surface area contributed by atoms with Crippen LogP contribution >= 0.6 is 0 Å². The van der Waals surface area contributed by atoms with E-state index in [-0.39, 0.29) is 5.96 Å². The van der Waals surface area contributed by atoms with Crippen LogP contribution in [-0.2, 0) is 4.79 Å². The lowest BCUT2D eigenvalue weighted by molar-refractivity contribution is -0.107. The summed E-state index contributed by atoms with van der Waals surface area (Å²) in [6.07, 6.45) is 4.71. The molecule has 5 heteroatoms. The minimum absolute atomic E-state index is 0.128. The van der Waals surface area contributed by atoms with E-state index in [1.807, 2.05) is 0 Å². The van der Waals surface area contributed by atoms with Crippen molar-refractivity contribution in [1.82, 2.24) is 5.32 Å². The van der Waals surface area contributed by atoms with Crippen molar-refractivity contribution in [3.63, 3.8) is 0 Å². The van der Waals surface area contributed by atoms with Crippen LogP contribution in [0.4, 0.5) is 0 Å². The second kappa shape index (κ2) is 7.54. The zero-order chi connectivity index (χ0) is 9.23. The molecular weight excluding hydrogens is 156 g/mol. The minimum atomic E-state index is 0.128. The largest absolute Gasteiger partial charge is 0.369 e. The van der Waals surface area contributed by atoms with Crippen LogP contribution in [0.2, 0.25) is 0 Å². The minimum Gasteiger partial charge on any atom is -0.369 e. The Morgan fingerprint density at radius 2 is 2.42 bits per heavy atom. The van der Waals surface area contributed by atoms with Gasteiger partial charge in [-0.15, -0.1) is 0 Å². The van der Waals surface area contributed by atoms with E-state index in [1.165, 1.54) is 0 Å². The molecule has 0 heterocycles. The van der Waals surface area contributed by atoms with Crippen LogP contribution in [0.1, 0.15) is 19.3 Å². The van der Waals surface area contributed by atoms with Crippen molar-refractivity contribution in [2.75, 3.05) is 6.54 Å². The van der Waals surface area contributed by atoms with Gasteiger partial charge in [-0.25, -0.2) is 0 Å². The number of nitriles is 1. The van der Waals surface area contributed by atoms with Crippen LogP contribution in [0.5, 0.6) is 0 Å². The molecule has 0 rings (SSSR count). The monoisotopic (exact) mass is 168 g/mol. The molecule has 0 fully saturated rings. The molecule has 0 radical (unpaired) electrons. The third-order valence-corrected chi connectivity index (χ3v) is 1.20. The quantitative estimate of drug-likeness (QED) is 0.148. The SMILES string of the molecule is N#CNC(N)=NCCCCC=O. The summed E-state index contributed by atoms with van der Waals surface area (Å²) in [6, 6.07) is 0. The number of carbonyl (C=O) groups is 1. The summed E-state index contributed by atoms with van der Waals surface area (Å²) in [5.74, 6) is 0.128. The summed E-state index contributed by atoms with van der Waals surface area (Å²) in [7, 11) is 0. The highest BCUT2D eigenvalue weighted by molar-refractivity contribution is 5.79. The highest BCUT2D eigenvalue weighted by Gasteiger charge is 1.88. The van der Waals surface area contributed by atoms with Gasteiger partial charge in [0.1, 0.15) is 6.29 Å². The second-order valence-electron chi connectivity index (χ2n) is 2.17. The second-order valence-corrected chi connectivity index (χ2v) is 2.17. The average molecular weight is 168 g/mol. The number of aliphatic imine (C=N–C) groups is 1. The van der Waals surface area contributed by atoms with E-state index in [4.69, 9.17) is 11.0 Å². The lowest BCUT2D eigenvalue weighted by atomic mass is 10.2. The molecule has 0 aromatic rings. The van der Waals surface area contributed by atoms with Gasteiger partial charge in [0, 0.05) is 13.0 Å². The molecule has 0 spiro atoms. The van der Waals surface area contributed by atoms with Gasteiger partial charge >= 0.3 is 0 Å². The molecular formula is C7H12N4O. The average Bonchev–Trinajstić information content (AvgIpc) is 2.05. The van der Waals surface area contributed by atoms with Crippen LogP contribution < -0.4 is 11.1 Å². The van der Waals surface area contributed by atoms with Gasteiger partial charge in [0.15, 0.2) is 6.19 Å². The van der Waals surface area contributed by atoms with E-state index < -0.39 is 0 Å². The molecule has 0 aromatic heterocycles. The summed E-state index contributed by atoms with van der Waals surface area (Å²) in [4.78, 5) is 13.7. The van der Waals surface area contributed by atoms with E-state index in [0.717, 1.165) is 19.1 Å². The molecule has 66 valence electrons. The maximum absolute atomic E-state index is 9.89. The Balaban J connectivity index is 3.34. The third kappa shape index (κ3) is 6.55. The Hall–Kier alpha value is -1.57. The normalized spacial score (nSPS) is 10.4. The number of rotatable bonds is 5. The molecule has 0 aliphatic heterocycles. The van der Waals surface area contributed by atoms with Gasteiger partial charge in [0.25, 0.3) is 0 Å². The molecule has 0 aliphatic rings. The van der Waals surface area contributed by atoms with Crippen molar-refractivity contribution < 1.29 is 4.79 Å². The van der Waals surface area contributed by atoms with Gasteiger partial charge in [0.05, 0.1) is 0 Å². The molecule has 0 unspecified atom stereocenters. The van der Waals surface area contributed by atoms with E-state index in [9.17, 15) is 4.79 Å². The highest BCUT2D eigenvalue weighted by Crippen LogP contribution is 1.91. The van der Waals surface area contributed by atoms with Crippen molar-refractivity contribution in [2.24, 2.45) is 10.7 Å². The molecule has 12 heavy (non-hydrogen) atoms. The standard InChI is InChI=1S/C7H12N4O/c8-6-11-7(9)10-4-2-1-3-5-12/h5H,1-4H2,(H3,9,10,11). The van der Waals surface area contributed by atoms with Crippen LogP contribution in [0.15, 0.2) is 4.99 Å². The Labute approximate surface area is 71.3 Å². The van der Waals surface area contributed by atoms with Gasteiger partial charge < -0.3 is 10.5 Å². The zero-order valence-electron chi connectivity index (χ0n) is 6.79. The third-order valence-electron chi connectivity index (χ3n) is 1.20. The van der Waals surface area contributed by atoms with Crippen molar-refractivity contribution in [3.8, 4) is 6.19 Å². The maximum Gasteiger partial charge on any atom is 0.202 e. The number of guanidine groups is 1. The van der Waals surface area contributed by atoms with E-state index in [2.05, 4.69) is 10.3 Å². The molecule has 0 aromatic carbocycles. The Kier molecular flexibility index (Phi) is 6.55. The fraction of sp³-hybridized carbons (Fsp3) is 0.571. The molecule has 3 N–H and O–H groups in total. The number of nitrogens with zero attached hydrogens (tertiary/aromatic N) is 2. The summed E-state index contributed by atoms with van der Waals surface area (Å²) >= 11 is 0. The van der Waals surface area contributed by atoms with E-state index in [0.29, 0.717) is 13.0 Å². The van der Waals surface area contributed by atoms with Crippen LogP contribution in [-0.4, -0.2) is 18.8 Å². The first-order chi connectivity index (χ1) is 5.81. The maximum atomic E-state index is 9.89. The number of nitrogens with one attached hydrogen (secondary N) is 1. The first-order valence-corrected chi connectivity index (χ1v) is 3.70. The van der Waals surface area contributed by atoms with Gasteiger partial charge in [-0.1, -0.05) is 0 Å². The summed E-state index contributed by atoms with van der Waals surface area (Å²) in [5, 5.41) is 10.3. The summed E-state index contributed by atoms with van der Waals surface area (Å²) in [6.45, 7) is 0.550. The number of hydrogen-bond donors (Lipinski definition) is 2. The summed E-state index contributed by atoms with van der Waals surface area (Å²) in [5.41, 5.74) is 5.25. The molecule has 0 saturated carbocycles. The number of unbranched alkanes of at least 4 members (excludes halogenated alkanes) is 2. The first kappa shape index (κ1) is 10.4. The van der Waals surface area contributed by atoms with Crippen molar-refractivity contribution in [1.29, 1.82) is 5.26 Å². The first-order valence-electron chi connectivity index (χ1n) is 3.70. The van der Waals surface area contributed by atoms with Crippen LogP contribution in [0.25, 0.3) is 0 Å². The number of hydrogen-bond acceptors (Lipinski definition) is 3. The van der Waals surface area contributed by atoms with Gasteiger partial charge in [-0.3, -0.25) is 10.3 Å². The number of nitrogens with two attached hydrogens (primary N) is 1. The van der Waals surface area contributed by atoms with E-state index >= 15 is 0 Å².